The molecular weight excluding hydrogens is 909 g/mol. The van der Waals surface area contributed by atoms with Crippen LogP contribution in [0.5, 0.6) is 0 Å². The fourth-order valence-corrected chi connectivity index (χ4v) is 6.64. The molecule has 8 amide bonds. The number of amides is 8. The zero-order valence-electron chi connectivity index (χ0n) is 39.4. The van der Waals surface area contributed by atoms with Gasteiger partial charge in [0, 0.05) is 26.7 Å². The number of ether oxygens (including phenoxy) is 1. The summed E-state index contributed by atoms with van der Waals surface area (Å²) < 4.78 is 5.19. The highest BCUT2D eigenvalue weighted by Crippen LogP contribution is 2.19. The second-order valence-electron chi connectivity index (χ2n) is 16.0. The molecule has 22 N–H and O–H groups in total. The number of aliphatic imine (C=N–C) groups is 2. The summed E-state index contributed by atoms with van der Waals surface area (Å²) in [7, 11) is 1.27. The van der Waals surface area contributed by atoms with Gasteiger partial charge in [0.05, 0.1) is 25.3 Å². The van der Waals surface area contributed by atoms with Gasteiger partial charge in [-0.15, -0.1) is 0 Å². The number of nitrogens with two attached hydrogens (primary N) is 7. The maximum atomic E-state index is 13.9. The first-order valence-electron chi connectivity index (χ1n) is 22.7. The van der Waals surface area contributed by atoms with E-state index in [0.29, 0.717) is 38.6 Å². The first-order valence-corrected chi connectivity index (χ1v) is 22.7. The monoisotopic (exact) mass is 983 g/mol. The van der Waals surface area contributed by atoms with Crippen LogP contribution in [0.25, 0.3) is 0 Å². The van der Waals surface area contributed by atoms with Crippen LogP contribution in [0, 0.1) is 0 Å². The smallest absolute Gasteiger partial charge is 0.352 e. The molecule has 7 atom stereocenters. The van der Waals surface area contributed by atoms with Gasteiger partial charge in [0.15, 0.2) is 5.96 Å². The molecule has 0 aromatic heterocycles. The average Bonchev–Trinajstić information content (AvgIpc) is 3.81. The number of rotatable bonds is 33. The van der Waals surface area contributed by atoms with E-state index >= 15 is 0 Å². The highest BCUT2D eigenvalue weighted by Gasteiger charge is 2.38. The molecule has 0 aromatic carbocycles. The van der Waals surface area contributed by atoms with E-state index in [0.717, 1.165) is 0 Å². The Labute approximate surface area is 400 Å². The molecule has 0 aromatic rings. The van der Waals surface area contributed by atoms with E-state index in [1.807, 2.05) is 0 Å². The number of unbranched alkanes of at least 4 members (excludes halogenated alkanes) is 2. The number of hydrogen-bond donors (Lipinski definition) is 15. The molecule has 0 spiro atoms. The number of hydrogen-bond acceptors (Lipinski definition) is 17. The van der Waals surface area contributed by atoms with Crippen molar-refractivity contribution in [1.29, 1.82) is 0 Å². The number of carboxylic acids is 1. The summed E-state index contributed by atoms with van der Waals surface area (Å²) in [5, 5.41) is 34.4. The van der Waals surface area contributed by atoms with E-state index in [4.69, 9.17) is 44.9 Å². The van der Waals surface area contributed by atoms with E-state index in [1.165, 1.54) is 25.0 Å². The lowest BCUT2D eigenvalue weighted by Crippen LogP contribution is -2.60. The van der Waals surface area contributed by atoms with Crippen LogP contribution >= 0.6 is 0 Å². The number of nitrogens with one attached hydrogen (secondary N) is 6. The zero-order valence-corrected chi connectivity index (χ0v) is 39.4. The van der Waals surface area contributed by atoms with E-state index in [9.17, 15) is 53.4 Å². The second kappa shape index (κ2) is 33.3. The Morgan fingerprint density at radius 3 is 2.06 bits per heavy atom. The molecule has 1 heterocycles. The summed E-state index contributed by atoms with van der Waals surface area (Å²) in [5.74, 6) is -8.45. The summed E-state index contributed by atoms with van der Waals surface area (Å²) in [4.78, 5) is 127. The Balaban J connectivity index is 3.14. The number of methoxy groups -OCH3 is 1. The summed E-state index contributed by atoms with van der Waals surface area (Å²) in [6.07, 6.45) is 2.67. The van der Waals surface area contributed by atoms with Crippen LogP contribution in [0.2, 0.25) is 0 Å². The quantitative estimate of drug-likeness (QED) is 0.0126. The summed E-state index contributed by atoms with van der Waals surface area (Å²) >= 11 is 0. The Kier molecular flexibility index (Phi) is 29.4. The molecule has 28 nitrogen and oxygen atoms in total. The van der Waals surface area contributed by atoms with Crippen molar-refractivity contribution in [2.75, 3.05) is 59.5 Å². The highest BCUT2D eigenvalue weighted by atomic mass is 16.5. The lowest BCUT2D eigenvalue weighted by atomic mass is 10.1. The van der Waals surface area contributed by atoms with Crippen molar-refractivity contribution in [2.45, 2.75) is 120 Å². The van der Waals surface area contributed by atoms with Crippen LogP contribution < -0.4 is 72.0 Å². The standard InChI is InChI=1S/C41H74N16O12/c1-23(51-38(65)32(30(58)20-45)56-34(61)24(46)10-3-5-15-42)33(60)50-21-31(59)52-26(12-7-17-44)39(66)57-19-9-14-29(57)37(64)55-28(22-69-2)36(63)53-25(11-4-6-16-43)35(62)54-27(40(67)68)13-8-18-49-41(47)48/h13,23-25,28-30,32,58H,3-12,14-22,42-46H2,1-2H3,(H,50,60)(H,51,65)(H,53,63)(H,54,62)(H,55,64)(H,56,61)(H,67,68)(H4,47,48,49)/b27-13-,52-26?/t23-,24-,25-,28-,29-,30-,32-/m0/s1. The molecule has 1 fully saturated rings. The van der Waals surface area contributed by atoms with Crippen molar-refractivity contribution in [1.82, 2.24) is 36.8 Å². The van der Waals surface area contributed by atoms with Crippen molar-refractivity contribution >= 4 is 64.9 Å². The first kappa shape index (κ1) is 60.8. The number of aliphatic carboxylic acids is 1. The SMILES string of the molecule is COC[C@H](NC(=O)[C@@H]1CCCN1C(=O)C(CCCN)=NC(=O)CNC(=O)[C@H](C)NC(=O)[C@@H](NC(=O)[C@@H](N)CCCCN)[C@@H](O)CN)C(=O)N[C@@H](CCCCN)C(=O)N/C(=C\CCN=C(N)N)C(=O)O. The van der Waals surface area contributed by atoms with Crippen LogP contribution in [-0.2, 0) is 47.9 Å². The number of aliphatic hydroxyl groups is 1. The van der Waals surface area contributed by atoms with Crippen molar-refractivity contribution in [2.24, 2.45) is 50.1 Å². The van der Waals surface area contributed by atoms with Gasteiger partial charge in [-0.05, 0) is 90.8 Å². The van der Waals surface area contributed by atoms with Gasteiger partial charge in [-0.3, -0.25) is 43.3 Å². The molecule has 1 rings (SSSR count). The number of likely N-dealkylation sites (tertiary alicyclic amines) is 1. The predicted octanol–water partition coefficient (Wildman–Crippen LogP) is -6.94. The first-order chi connectivity index (χ1) is 32.8. The Morgan fingerprint density at radius 1 is 0.812 bits per heavy atom. The van der Waals surface area contributed by atoms with Crippen molar-refractivity contribution < 1.29 is 58.1 Å². The van der Waals surface area contributed by atoms with Crippen molar-refractivity contribution in [3.63, 3.8) is 0 Å². The van der Waals surface area contributed by atoms with Gasteiger partial charge < -0.3 is 91.9 Å². The van der Waals surface area contributed by atoms with Crippen LogP contribution in [0.3, 0.4) is 0 Å². The number of guanidine groups is 1. The van der Waals surface area contributed by atoms with Gasteiger partial charge in [0.1, 0.15) is 41.6 Å². The van der Waals surface area contributed by atoms with E-state index in [1.54, 1.807) is 0 Å². The highest BCUT2D eigenvalue weighted by molar-refractivity contribution is 6.40. The number of carbonyl (C=O) groups is 9. The number of nitrogens with zero attached hydrogens (tertiary/aromatic N) is 3. The van der Waals surface area contributed by atoms with E-state index < -0.39 is 114 Å². The molecule has 0 aliphatic carbocycles. The van der Waals surface area contributed by atoms with E-state index in [2.05, 4.69) is 41.9 Å². The molecule has 28 heteroatoms. The third-order valence-corrected chi connectivity index (χ3v) is 10.4. The molecule has 1 aliphatic heterocycles. The van der Waals surface area contributed by atoms with Gasteiger partial charge in [0.25, 0.3) is 11.8 Å². The largest absolute Gasteiger partial charge is 0.477 e. The minimum atomic E-state index is -1.57. The van der Waals surface area contributed by atoms with Crippen LogP contribution in [0.1, 0.15) is 77.6 Å². The number of carbonyl (C=O) groups excluding carboxylic acids is 8. The normalized spacial score (nSPS) is 16.4. The molecule has 390 valence electrons. The summed E-state index contributed by atoms with van der Waals surface area (Å²) in [6.45, 7) is 0.644. The predicted molar refractivity (Wildman–Crippen MR) is 252 cm³/mol. The average molecular weight is 983 g/mol. The van der Waals surface area contributed by atoms with Gasteiger partial charge in [0.2, 0.25) is 35.4 Å². The van der Waals surface area contributed by atoms with Crippen LogP contribution in [0.15, 0.2) is 21.8 Å². The lowest BCUT2D eigenvalue weighted by molar-refractivity contribution is -0.137. The van der Waals surface area contributed by atoms with Gasteiger partial charge in [-0.25, -0.2) is 9.79 Å². The van der Waals surface area contributed by atoms with Crippen molar-refractivity contribution in [3.05, 3.63) is 11.8 Å². The molecule has 69 heavy (non-hydrogen) atoms. The lowest BCUT2D eigenvalue weighted by Gasteiger charge is -2.27. The third kappa shape index (κ3) is 22.7. The third-order valence-electron chi connectivity index (χ3n) is 10.4. The Bertz CT molecular complexity index is 1830. The maximum absolute atomic E-state index is 13.9. The zero-order chi connectivity index (χ0) is 52.1. The topological polar surface area (TPSA) is 486 Å². The Hall–Kier alpha value is -6.17. The molecule has 0 unspecified atom stereocenters. The maximum Gasteiger partial charge on any atom is 0.352 e. The molecule has 0 saturated carbocycles. The van der Waals surface area contributed by atoms with Crippen molar-refractivity contribution in [3.8, 4) is 0 Å². The second-order valence-corrected chi connectivity index (χ2v) is 16.0. The van der Waals surface area contributed by atoms with Gasteiger partial charge in [-0.2, -0.15) is 0 Å². The Morgan fingerprint density at radius 2 is 1.46 bits per heavy atom. The van der Waals surface area contributed by atoms with Gasteiger partial charge >= 0.3 is 5.97 Å². The number of carboxylic acid groups (broad SMARTS) is 1. The summed E-state index contributed by atoms with van der Waals surface area (Å²) in [6, 6.07) is -7.69. The number of aliphatic hydroxyl groups excluding tert-OH is 1. The molecule has 1 aliphatic rings. The van der Waals surface area contributed by atoms with E-state index in [-0.39, 0.29) is 83.0 Å². The minimum absolute atomic E-state index is 0.0428. The fraction of sp³-hybridized carbons (Fsp3) is 0.683. The summed E-state index contributed by atoms with van der Waals surface area (Å²) in [5.41, 5.74) is 38.1. The molecular formula is C41H74N16O12. The minimum Gasteiger partial charge on any atom is -0.477 e. The van der Waals surface area contributed by atoms with Gasteiger partial charge in [-0.1, -0.05) is 12.5 Å². The van der Waals surface area contributed by atoms with Crippen LogP contribution in [0.4, 0.5) is 0 Å². The molecule has 0 radical (unpaired) electrons. The fourth-order valence-electron chi connectivity index (χ4n) is 6.64. The van der Waals surface area contributed by atoms with Crippen LogP contribution in [-0.4, -0.2) is 182 Å². The molecule has 1 saturated heterocycles. The molecule has 0 bridgehead atoms.